The van der Waals surface area contributed by atoms with Gasteiger partial charge in [-0.3, -0.25) is 4.98 Å². The van der Waals surface area contributed by atoms with Crippen molar-refractivity contribution in [3.8, 4) is 0 Å². The standard InChI is InChI=1S/C11H13BrN2O/c12-10-6-13-4-3-11(10)14-5-1-2-9(7-14)8-15/h3-4,6,8-9H,1-2,5,7H2. The van der Waals surface area contributed by atoms with Crippen LogP contribution in [0.1, 0.15) is 12.8 Å². The first-order valence-corrected chi connectivity index (χ1v) is 5.90. The molecule has 1 aliphatic rings. The minimum absolute atomic E-state index is 0.179. The van der Waals surface area contributed by atoms with Gasteiger partial charge in [-0.25, -0.2) is 0 Å². The normalized spacial score (nSPS) is 21.4. The molecule has 1 atom stereocenters. The predicted octanol–water partition coefficient (Wildman–Crippen LogP) is 2.26. The Labute approximate surface area is 97.6 Å². The molecule has 2 rings (SSSR count). The van der Waals surface area contributed by atoms with E-state index < -0.39 is 0 Å². The van der Waals surface area contributed by atoms with Gasteiger partial charge in [-0.1, -0.05) is 0 Å². The van der Waals surface area contributed by atoms with Crippen LogP contribution in [0.4, 0.5) is 5.69 Å². The first kappa shape index (κ1) is 10.6. The Balaban J connectivity index is 2.16. The lowest BCUT2D eigenvalue weighted by atomic mass is 9.99. The molecule has 1 saturated heterocycles. The largest absolute Gasteiger partial charge is 0.370 e. The third-order valence-electron chi connectivity index (χ3n) is 2.74. The molecule has 15 heavy (non-hydrogen) atoms. The molecule has 80 valence electrons. The molecule has 0 N–H and O–H groups in total. The predicted molar refractivity (Wildman–Crippen MR) is 62.9 cm³/mol. The zero-order valence-electron chi connectivity index (χ0n) is 8.40. The number of pyridine rings is 1. The number of hydrogen-bond acceptors (Lipinski definition) is 3. The highest BCUT2D eigenvalue weighted by molar-refractivity contribution is 9.10. The zero-order valence-corrected chi connectivity index (χ0v) is 9.98. The van der Waals surface area contributed by atoms with Crippen LogP contribution in [0.2, 0.25) is 0 Å². The van der Waals surface area contributed by atoms with Crippen molar-refractivity contribution in [1.82, 2.24) is 4.98 Å². The Morgan fingerprint density at radius 2 is 2.47 bits per heavy atom. The van der Waals surface area contributed by atoms with E-state index in [1.165, 1.54) is 0 Å². The summed E-state index contributed by atoms with van der Waals surface area (Å²) in [5.74, 6) is 0.179. The molecule has 1 unspecified atom stereocenters. The molecular weight excluding hydrogens is 256 g/mol. The minimum Gasteiger partial charge on any atom is -0.370 e. The molecule has 0 spiro atoms. The summed E-state index contributed by atoms with van der Waals surface area (Å²) in [6.07, 6.45) is 6.74. The number of anilines is 1. The van der Waals surface area contributed by atoms with Gasteiger partial charge in [0.1, 0.15) is 6.29 Å². The number of carbonyl (C=O) groups excluding carboxylic acids is 1. The van der Waals surface area contributed by atoms with Crippen LogP contribution in [0.3, 0.4) is 0 Å². The molecule has 1 aromatic heterocycles. The van der Waals surface area contributed by atoms with Gasteiger partial charge in [0.25, 0.3) is 0 Å². The van der Waals surface area contributed by atoms with Crippen molar-refractivity contribution in [3.63, 3.8) is 0 Å². The van der Waals surface area contributed by atoms with Crippen molar-refractivity contribution < 1.29 is 4.79 Å². The zero-order chi connectivity index (χ0) is 10.7. The van der Waals surface area contributed by atoms with Crippen LogP contribution < -0.4 is 4.90 Å². The van der Waals surface area contributed by atoms with Gasteiger partial charge in [0.2, 0.25) is 0 Å². The average molecular weight is 269 g/mol. The van der Waals surface area contributed by atoms with Crippen molar-refractivity contribution in [2.75, 3.05) is 18.0 Å². The van der Waals surface area contributed by atoms with Crippen LogP contribution >= 0.6 is 15.9 Å². The van der Waals surface area contributed by atoms with Crippen LogP contribution in [-0.2, 0) is 4.79 Å². The van der Waals surface area contributed by atoms with Crippen LogP contribution in [0.15, 0.2) is 22.9 Å². The molecule has 0 aliphatic carbocycles. The van der Waals surface area contributed by atoms with E-state index in [0.29, 0.717) is 0 Å². The summed E-state index contributed by atoms with van der Waals surface area (Å²) in [5, 5.41) is 0. The topological polar surface area (TPSA) is 33.2 Å². The van der Waals surface area contributed by atoms with Gasteiger partial charge in [0.05, 0.1) is 10.2 Å². The summed E-state index contributed by atoms with van der Waals surface area (Å²) in [6.45, 7) is 1.85. The fourth-order valence-electron chi connectivity index (χ4n) is 1.96. The van der Waals surface area contributed by atoms with Gasteiger partial charge < -0.3 is 9.69 Å². The maximum atomic E-state index is 10.8. The van der Waals surface area contributed by atoms with Crippen LogP contribution in [0, 0.1) is 5.92 Å². The second-order valence-corrected chi connectivity index (χ2v) is 4.67. The number of rotatable bonds is 2. The molecule has 3 nitrogen and oxygen atoms in total. The summed E-state index contributed by atoms with van der Waals surface area (Å²) < 4.78 is 0.997. The Morgan fingerprint density at radius 3 is 3.20 bits per heavy atom. The van der Waals surface area contributed by atoms with E-state index in [0.717, 1.165) is 42.4 Å². The van der Waals surface area contributed by atoms with Crippen molar-refractivity contribution in [1.29, 1.82) is 0 Å². The van der Waals surface area contributed by atoms with Crippen molar-refractivity contribution >= 4 is 27.9 Å². The minimum atomic E-state index is 0.179. The van der Waals surface area contributed by atoms with Crippen molar-refractivity contribution in [2.45, 2.75) is 12.8 Å². The summed E-state index contributed by atoms with van der Waals surface area (Å²) in [5.41, 5.74) is 1.14. The number of carbonyl (C=O) groups is 1. The molecule has 1 aromatic rings. The van der Waals surface area contributed by atoms with E-state index in [1.807, 2.05) is 6.07 Å². The van der Waals surface area contributed by atoms with Crippen LogP contribution in [0.5, 0.6) is 0 Å². The van der Waals surface area contributed by atoms with E-state index in [-0.39, 0.29) is 5.92 Å². The van der Waals surface area contributed by atoms with E-state index in [2.05, 4.69) is 25.8 Å². The maximum Gasteiger partial charge on any atom is 0.124 e. The monoisotopic (exact) mass is 268 g/mol. The molecule has 4 heteroatoms. The highest BCUT2D eigenvalue weighted by Gasteiger charge is 2.20. The van der Waals surface area contributed by atoms with Crippen molar-refractivity contribution in [3.05, 3.63) is 22.9 Å². The van der Waals surface area contributed by atoms with Crippen LogP contribution in [-0.4, -0.2) is 24.4 Å². The second-order valence-electron chi connectivity index (χ2n) is 3.81. The second kappa shape index (κ2) is 4.75. The average Bonchev–Trinajstić information content (AvgIpc) is 2.30. The van der Waals surface area contributed by atoms with Gasteiger partial charge in [-0.15, -0.1) is 0 Å². The van der Waals surface area contributed by atoms with Gasteiger partial charge >= 0.3 is 0 Å². The summed E-state index contributed by atoms with van der Waals surface area (Å²) >= 11 is 3.48. The SMILES string of the molecule is O=CC1CCCN(c2ccncc2Br)C1. The Kier molecular flexibility index (Phi) is 3.36. The third kappa shape index (κ3) is 2.37. The Bertz CT molecular complexity index is 356. The number of aldehydes is 1. The van der Waals surface area contributed by atoms with Crippen LogP contribution in [0.25, 0.3) is 0 Å². The van der Waals surface area contributed by atoms with E-state index in [4.69, 9.17) is 0 Å². The molecule has 2 heterocycles. The highest BCUT2D eigenvalue weighted by Crippen LogP contribution is 2.28. The smallest absolute Gasteiger partial charge is 0.124 e. The molecule has 0 radical (unpaired) electrons. The molecule has 1 fully saturated rings. The van der Waals surface area contributed by atoms with E-state index >= 15 is 0 Å². The van der Waals surface area contributed by atoms with Gasteiger partial charge in [-0.05, 0) is 34.8 Å². The number of aromatic nitrogens is 1. The first-order chi connectivity index (χ1) is 7.31. The highest BCUT2D eigenvalue weighted by atomic mass is 79.9. The molecule has 0 bridgehead atoms. The lowest BCUT2D eigenvalue weighted by molar-refractivity contribution is -0.111. The quantitative estimate of drug-likeness (QED) is 0.772. The maximum absolute atomic E-state index is 10.8. The number of piperidine rings is 1. The Hall–Kier alpha value is -0.900. The lowest BCUT2D eigenvalue weighted by Gasteiger charge is -2.32. The molecule has 0 amide bonds. The van der Waals surface area contributed by atoms with E-state index in [9.17, 15) is 4.79 Å². The van der Waals surface area contributed by atoms with Gasteiger partial charge in [-0.2, -0.15) is 0 Å². The van der Waals surface area contributed by atoms with Crippen molar-refractivity contribution in [2.24, 2.45) is 5.92 Å². The fraction of sp³-hybridized carbons (Fsp3) is 0.455. The van der Waals surface area contributed by atoms with E-state index in [1.54, 1.807) is 12.4 Å². The number of halogens is 1. The summed E-state index contributed by atoms with van der Waals surface area (Å²) in [6, 6.07) is 1.98. The third-order valence-corrected chi connectivity index (χ3v) is 3.35. The molecular formula is C11H13BrN2O. The molecule has 0 aromatic carbocycles. The molecule has 0 saturated carbocycles. The first-order valence-electron chi connectivity index (χ1n) is 5.11. The summed E-state index contributed by atoms with van der Waals surface area (Å²) in [7, 11) is 0. The molecule has 1 aliphatic heterocycles. The fourth-order valence-corrected chi connectivity index (χ4v) is 2.47. The number of nitrogens with zero attached hydrogens (tertiary/aromatic N) is 2. The Morgan fingerprint density at radius 1 is 1.60 bits per heavy atom. The lowest BCUT2D eigenvalue weighted by Crippen LogP contribution is -2.36. The summed E-state index contributed by atoms with van der Waals surface area (Å²) in [4.78, 5) is 17.1. The number of hydrogen-bond donors (Lipinski definition) is 0. The van der Waals surface area contributed by atoms with Gasteiger partial charge in [0, 0.05) is 31.4 Å². The van der Waals surface area contributed by atoms with Gasteiger partial charge in [0.15, 0.2) is 0 Å².